The Morgan fingerprint density at radius 3 is 2.48 bits per heavy atom. The van der Waals surface area contributed by atoms with Crippen molar-refractivity contribution in [3.8, 4) is 0 Å². The lowest BCUT2D eigenvalue weighted by atomic mass is 10.2. The normalized spacial score (nSPS) is 15.5. The first-order valence-corrected chi connectivity index (χ1v) is 8.74. The van der Waals surface area contributed by atoms with Gasteiger partial charge in [-0.2, -0.15) is 0 Å². The van der Waals surface area contributed by atoms with E-state index in [9.17, 15) is 4.57 Å². The molecular weight excluding hydrogens is 289 g/mol. The maximum atomic E-state index is 12.9. The molecule has 0 atom stereocenters. The SMILES string of the molecule is CCOP(=O)(OCC)C1=COCCN1Cc1ccccc1. The van der Waals surface area contributed by atoms with Crippen LogP contribution < -0.4 is 0 Å². The summed E-state index contributed by atoms with van der Waals surface area (Å²) in [4.78, 5) is 2.00. The van der Waals surface area contributed by atoms with Crippen molar-refractivity contribution in [2.75, 3.05) is 26.4 Å². The second-order valence-electron chi connectivity index (χ2n) is 4.59. The molecule has 0 aromatic heterocycles. The maximum absolute atomic E-state index is 12.9. The van der Waals surface area contributed by atoms with Crippen LogP contribution in [0, 0.1) is 0 Å². The molecule has 0 fully saturated rings. The lowest BCUT2D eigenvalue weighted by molar-refractivity contribution is 0.147. The molecule has 5 nitrogen and oxygen atoms in total. The van der Waals surface area contributed by atoms with Gasteiger partial charge in [0.15, 0.2) is 5.44 Å². The highest BCUT2D eigenvalue weighted by Gasteiger charge is 2.36. The summed E-state index contributed by atoms with van der Waals surface area (Å²) in [6, 6.07) is 10.0. The third-order valence-electron chi connectivity index (χ3n) is 3.09. The topological polar surface area (TPSA) is 48.0 Å². The van der Waals surface area contributed by atoms with Crippen molar-refractivity contribution in [3.63, 3.8) is 0 Å². The van der Waals surface area contributed by atoms with E-state index < -0.39 is 7.60 Å². The molecule has 0 unspecified atom stereocenters. The molecule has 1 aromatic carbocycles. The van der Waals surface area contributed by atoms with E-state index in [1.165, 1.54) is 6.26 Å². The van der Waals surface area contributed by atoms with Crippen LogP contribution in [0.25, 0.3) is 0 Å². The molecule has 0 spiro atoms. The molecule has 1 heterocycles. The number of rotatable bonds is 7. The van der Waals surface area contributed by atoms with Crippen molar-refractivity contribution < 1.29 is 18.3 Å². The first kappa shape index (κ1) is 16.1. The maximum Gasteiger partial charge on any atom is 0.380 e. The van der Waals surface area contributed by atoms with Gasteiger partial charge in [-0.1, -0.05) is 30.3 Å². The summed E-state index contributed by atoms with van der Waals surface area (Å²) in [6.45, 7) is 6.14. The van der Waals surface area contributed by atoms with Gasteiger partial charge >= 0.3 is 7.60 Å². The molecule has 0 bridgehead atoms. The van der Waals surface area contributed by atoms with Crippen LogP contribution in [0.4, 0.5) is 0 Å². The number of benzene rings is 1. The Kier molecular flexibility index (Phi) is 5.85. The quantitative estimate of drug-likeness (QED) is 0.720. The van der Waals surface area contributed by atoms with Crippen LogP contribution in [0.5, 0.6) is 0 Å². The molecule has 6 heteroatoms. The van der Waals surface area contributed by atoms with E-state index in [2.05, 4.69) is 0 Å². The van der Waals surface area contributed by atoms with Gasteiger partial charge in [0.2, 0.25) is 0 Å². The molecule has 2 rings (SSSR count). The zero-order valence-corrected chi connectivity index (χ0v) is 13.4. The Bertz CT molecular complexity index is 508. The summed E-state index contributed by atoms with van der Waals surface area (Å²) in [7, 11) is -3.33. The summed E-state index contributed by atoms with van der Waals surface area (Å²) >= 11 is 0. The van der Waals surface area contributed by atoms with Crippen LogP contribution >= 0.6 is 7.60 Å². The lowest BCUT2D eigenvalue weighted by Gasteiger charge is -2.33. The second kappa shape index (κ2) is 7.64. The molecule has 0 amide bonds. The minimum absolute atomic E-state index is 0.327. The Hall–Kier alpha value is -1.29. The largest absolute Gasteiger partial charge is 0.497 e. The van der Waals surface area contributed by atoms with E-state index in [0.717, 1.165) is 5.56 Å². The van der Waals surface area contributed by atoms with Crippen molar-refractivity contribution in [3.05, 3.63) is 47.6 Å². The van der Waals surface area contributed by atoms with Crippen LogP contribution in [0.3, 0.4) is 0 Å². The fourth-order valence-corrected chi connectivity index (χ4v) is 3.94. The summed E-state index contributed by atoms with van der Waals surface area (Å²) < 4.78 is 29.1. The van der Waals surface area contributed by atoms with Crippen LogP contribution in [0.15, 0.2) is 42.0 Å². The predicted molar refractivity (Wildman–Crippen MR) is 81.7 cm³/mol. The summed E-state index contributed by atoms with van der Waals surface area (Å²) in [5.74, 6) is 0. The highest BCUT2D eigenvalue weighted by molar-refractivity contribution is 7.58. The summed E-state index contributed by atoms with van der Waals surface area (Å²) in [5.41, 5.74) is 1.64. The molecule has 0 saturated carbocycles. The Morgan fingerprint density at radius 2 is 1.86 bits per heavy atom. The second-order valence-corrected chi connectivity index (χ2v) is 6.56. The molecular formula is C15H22NO4P. The van der Waals surface area contributed by atoms with Gasteiger partial charge in [0.05, 0.1) is 19.8 Å². The molecule has 0 saturated heterocycles. The van der Waals surface area contributed by atoms with Crippen molar-refractivity contribution in [2.24, 2.45) is 0 Å². The smallest absolute Gasteiger partial charge is 0.380 e. The molecule has 1 aliphatic rings. The van der Waals surface area contributed by atoms with Crippen LogP contribution in [-0.2, 0) is 24.9 Å². The minimum atomic E-state index is -3.33. The van der Waals surface area contributed by atoms with Gasteiger partial charge in [0.25, 0.3) is 0 Å². The third kappa shape index (κ3) is 4.10. The van der Waals surface area contributed by atoms with Gasteiger partial charge in [-0.15, -0.1) is 0 Å². The first-order chi connectivity index (χ1) is 10.2. The number of ether oxygens (including phenoxy) is 1. The monoisotopic (exact) mass is 311 g/mol. The van der Waals surface area contributed by atoms with E-state index in [-0.39, 0.29) is 0 Å². The summed E-state index contributed by atoms with van der Waals surface area (Å²) in [5, 5.41) is 0. The van der Waals surface area contributed by atoms with E-state index in [1.807, 2.05) is 35.2 Å². The van der Waals surface area contributed by atoms with E-state index >= 15 is 0 Å². The van der Waals surface area contributed by atoms with Gasteiger partial charge in [-0.25, -0.2) is 0 Å². The molecule has 1 aliphatic heterocycles. The van der Waals surface area contributed by atoms with Crippen LogP contribution in [0.2, 0.25) is 0 Å². The van der Waals surface area contributed by atoms with Gasteiger partial charge in [-0.05, 0) is 19.4 Å². The molecule has 0 N–H and O–H groups in total. The molecule has 1 aromatic rings. The number of hydrogen-bond donors (Lipinski definition) is 0. The zero-order valence-electron chi connectivity index (χ0n) is 12.5. The predicted octanol–water partition coefficient (Wildman–Crippen LogP) is 3.58. The lowest BCUT2D eigenvalue weighted by Crippen LogP contribution is -2.30. The zero-order chi connectivity index (χ0) is 15.1. The fourth-order valence-electron chi connectivity index (χ4n) is 2.20. The van der Waals surface area contributed by atoms with E-state index in [0.29, 0.717) is 38.3 Å². The number of hydrogen-bond acceptors (Lipinski definition) is 5. The Balaban J connectivity index is 2.21. The molecule has 0 radical (unpaired) electrons. The van der Waals surface area contributed by atoms with Crippen LogP contribution in [-0.4, -0.2) is 31.3 Å². The van der Waals surface area contributed by atoms with E-state index in [1.54, 1.807) is 13.8 Å². The highest BCUT2D eigenvalue weighted by atomic mass is 31.2. The van der Waals surface area contributed by atoms with Gasteiger partial charge in [-0.3, -0.25) is 4.57 Å². The summed E-state index contributed by atoms with van der Waals surface area (Å²) in [6.07, 6.45) is 1.51. The Morgan fingerprint density at radius 1 is 1.19 bits per heavy atom. The molecule has 21 heavy (non-hydrogen) atoms. The standard InChI is InChI=1S/C15H22NO4P/c1-3-19-21(17,20-4-2)15-13-18-11-10-16(15)12-14-8-6-5-7-9-14/h5-9,13H,3-4,10-12H2,1-2H3. The number of nitrogens with zero attached hydrogens (tertiary/aromatic N) is 1. The fraction of sp³-hybridized carbons (Fsp3) is 0.467. The average Bonchev–Trinajstić information content (AvgIpc) is 2.49. The van der Waals surface area contributed by atoms with Crippen molar-refractivity contribution in [1.82, 2.24) is 4.90 Å². The van der Waals surface area contributed by atoms with Crippen LogP contribution in [0.1, 0.15) is 19.4 Å². The van der Waals surface area contributed by atoms with Crippen molar-refractivity contribution >= 4 is 7.60 Å². The first-order valence-electron chi connectivity index (χ1n) is 7.20. The van der Waals surface area contributed by atoms with Crippen molar-refractivity contribution in [1.29, 1.82) is 0 Å². The molecule has 0 aliphatic carbocycles. The van der Waals surface area contributed by atoms with Gasteiger partial charge in [0, 0.05) is 6.54 Å². The van der Waals surface area contributed by atoms with Crippen molar-refractivity contribution in [2.45, 2.75) is 20.4 Å². The minimum Gasteiger partial charge on any atom is -0.497 e. The van der Waals surface area contributed by atoms with Gasteiger partial charge < -0.3 is 18.7 Å². The van der Waals surface area contributed by atoms with E-state index in [4.69, 9.17) is 13.8 Å². The highest BCUT2D eigenvalue weighted by Crippen LogP contribution is 2.57. The Labute approximate surface area is 126 Å². The average molecular weight is 311 g/mol. The van der Waals surface area contributed by atoms with Gasteiger partial charge in [0.1, 0.15) is 12.9 Å². The molecule has 116 valence electrons. The third-order valence-corrected chi connectivity index (χ3v) is 5.23.